The predicted octanol–water partition coefficient (Wildman–Crippen LogP) is 5.37. The van der Waals surface area contributed by atoms with Gasteiger partial charge in [-0.05, 0) is 61.1 Å². The molecule has 2 aromatic carbocycles. The van der Waals surface area contributed by atoms with Crippen molar-refractivity contribution in [3.8, 4) is 5.75 Å². The molecule has 1 saturated heterocycles. The lowest BCUT2D eigenvalue weighted by atomic mass is 9.94. The van der Waals surface area contributed by atoms with Crippen LogP contribution in [0.2, 0.25) is 0 Å². The van der Waals surface area contributed by atoms with E-state index in [9.17, 15) is 4.79 Å². The zero-order valence-electron chi connectivity index (χ0n) is 16.0. The molecule has 7 heteroatoms. The van der Waals surface area contributed by atoms with Crippen molar-refractivity contribution in [2.24, 2.45) is 5.92 Å². The van der Waals surface area contributed by atoms with E-state index < -0.39 is 5.97 Å². The molecule has 0 saturated carbocycles. The number of thiazole rings is 1. The first-order valence-corrected chi connectivity index (χ1v) is 11.4. The van der Waals surface area contributed by atoms with Gasteiger partial charge in [0.05, 0.1) is 23.2 Å². The summed E-state index contributed by atoms with van der Waals surface area (Å²) >= 11 is 5.29. The van der Waals surface area contributed by atoms with Crippen molar-refractivity contribution in [2.45, 2.75) is 25.7 Å². The van der Waals surface area contributed by atoms with E-state index in [2.05, 4.69) is 33.0 Å². The van der Waals surface area contributed by atoms with Crippen LogP contribution in [-0.2, 0) is 11.2 Å². The van der Waals surface area contributed by atoms with Gasteiger partial charge in [-0.1, -0.05) is 39.4 Å². The summed E-state index contributed by atoms with van der Waals surface area (Å²) in [6, 6.07) is 13.6. The Hall–Kier alpha value is -2.12. The molecule has 4 rings (SSSR count). The number of aromatic nitrogens is 1. The average molecular weight is 475 g/mol. The van der Waals surface area contributed by atoms with Crippen LogP contribution in [0.15, 0.2) is 46.9 Å². The van der Waals surface area contributed by atoms with Crippen LogP contribution in [0.1, 0.15) is 24.8 Å². The fraction of sp³-hybridized carbons (Fsp3) is 0.364. The summed E-state index contributed by atoms with van der Waals surface area (Å²) in [6.45, 7) is 2.72. The number of benzene rings is 2. The predicted molar refractivity (Wildman–Crippen MR) is 120 cm³/mol. The highest BCUT2D eigenvalue weighted by atomic mass is 79.9. The number of fused-ring (bicyclic) bond motifs is 1. The molecule has 152 valence electrons. The molecule has 0 spiro atoms. The molecule has 0 aliphatic carbocycles. The number of carboxylic acids is 1. The van der Waals surface area contributed by atoms with Gasteiger partial charge in [-0.2, -0.15) is 0 Å². The minimum Gasteiger partial charge on any atom is -0.494 e. The van der Waals surface area contributed by atoms with Gasteiger partial charge < -0.3 is 14.7 Å². The van der Waals surface area contributed by atoms with Gasteiger partial charge in [0.15, 0.2) is 5.13 Å². The largest absolute Gasteiger partial charge is 0.494 e. The number of halogens is 1. The maximum atomic E-state index is 10.8. The smallest absolute Gasteiger partial charge is 0.307 e. The van der Waals surface area contributed by atoms with Gasteiger partial charge >= 0.3 is 5.97 Å². The normalized spacial score (nSPS) is 15.0. The first kappa shape index (κ1) is 20.2. The van der Waals surface area contributed by atoms with Crippen LogP contribution in [0.5, 0.6) is 5.75 Å². The van der Waals surface area contributed by atoms with Crippen molar-refractivity contribution in [1.29, 1.82) is 0 Å². The zero-order chi connectivity index (χ0) is 20.2. The van der Waals surface area contributed by atoms with Gasteiger partial charge in [0.25, 0.3) is 0 Å². The highest BCUT2D eigenvalue weighted by Crippen LogP contribution is 2.33. The lowest BCUT2D eigenvalue weighted by molar-refractivity contribution is -0.136. The Morgan fingerprint density at radius 2 is 2.07 bits per heavy atom. The molecule has 1 aromatic heterocycles. The van der Waals surface area contributed by atoms with Crippen LogP contribution in [0.3, 0.4) is 0 Å². The minimum absolute atomic E-state index is 0.0262. The monoisotopic (exact) mass is 474 g/mol. The minimum atomic E-state index is -0.824. The summed E-state index contributed by atoms with van der Waals surface area (Å²) in [7, 11) is 0. The maximum absolute atomic E-state index is 10.8. The molecular formula is C22H23BrN2O3S. The Balaban J connectivity index is 1.25. The number of hydrogen-bond donors (Lipinski definition) is 1. The van der Waals surface area contributed by atoms with E-state index in [1.54, 1.807) is 11.3 Å². The Labute approximate surface area is 182 Å². The highest BCUT2D eigenvalue weighted by molar-refractivity contribution is 9.10. The van der Waals surface area contributed by atoms with E-state index in [1.807, 2.05) is 30.3 Å². The van der Waals surface area contributed by atoms with Crippen molar-refractivity contribution >= 4 is 48.6 Å². The number of piperidine rings is 1. The highest BCUT2D eigenvalue weighted by Gasteiger charge is 2.21. The summed E-state index contributed by atoms with van der Waals surface area (Å²) in [5.74, 6) is 0.577. The van der Waals surface area contributed by atoms with Gasteiger partial charge in [-0.3, -0.25) is 4.79 Å². The van der Waals surface area contributed by atoms with Crippen LogP contribution >= 0.6 is 27.3 Å². The van der Waals surface area contributed by atoms with Crippen molar-refractivity contribution in [3.63, 3.8) is 0 Å². The summed E-state index contributed by atoms with van der Waals surface area (Å²) in [4.78, 5) is 18.0. The third-order valence-corrected chi connectivity index (χ3v) is 6.85. The van der Waals surface area contributed by atoms with E-state index in [0.29, 0.717) is 12.5 Å². The van der Waals surface area contributed by atoms with E-state index >= 15 is 0 Å². The molecule has 2 heterocycles. The molecule has 3 aromatic rings. The Morgan fingerprint density at radius 3 is 2.86 bits per heavy atom. The average Bonchev–Trinajstić information content (AvgIpc) is 3.11. The lowest BCUT2D eigenvalue weighted by Gasteiger charge is -2.31. The number of anilines is 1. The Bertz CT molecular complexity index is 999. The van der Waals surface area contributed by atoms with E-state index in [1.165, 1.54) is 4.70 Å². The van der Waals surface area contributed by atoms with Crippen molar-refractivity contribution in [2.75, 3.05) is 24.6 Å². The van der Waals surface area contributed by atoms with Crippen LogP contribution in [0.25, 0.3) is 10.2 Å². The number of carbonyl (C=O) groups is 1. The number of hydrogen-bond acceptors (Lipinski definition) is 5. The molecule has 29 heavy (non-hydrogen) atoms. The van der Waals surface area contributed by atoms with E-state index in [4.69, 9.17) is 14.8 Å². The number of nitrogens with zero attached hydrogens (tertiary/aromatic N) is 2. The molecule has 5 nitrogen and oxygen atoms in total. The Morgan fingerprint density at radius 1 is 1.24 bits per heavy atom. The van der Waals surface area contributed by atoms with Gasteiger partial charge in [-0.15, -0.1) is 0 Å². The first-order chi connectivity index (χ1) is 14.1. The second kappa shape index (κ2) is 9.13. The van der Waals surface area contributed by atoms with Crippen LogP contribution in [0.4, 0.5) is 5.13 Å². The summed E-state index contributed by atoms with van der Waals surface area (Å²) in [6.07, 6.45) is 3.33. The second-order valence-electron chi connectivity index (χ2n) is 7.39. The standard InChI is InChI=1S/C22H23BrN2O3S/c23-17-4-5-19-20(14-17)29-22(24-19)25-9-6-15(7-10-25)8-11-28-18-3-1-2-16(12-18)13-21(26)27/h1-5,12,14-15H,6-11,13H2,(H,26,27). The molecule has 0 unspecified atom stereocenters. The molecule has 1 aliphatic rings. The number of carboxylic acid groups (broad SMARTS) is 1. The van der Waals surface area contributed by atoms with Crippen molar-refractivity contribution in [3.05, 3.63) is 52.5 Å². The topological polar surface area (TPSA) is 62.7 Å². The second-order valence-corrected chi connectivity index (χ2v) is 9.32. The van der Waals surface area contributed by atoms with Crippen LogP contribution in [-0.4, -0.2) is 35.8 Å². The molecule has 0 bridgehead atoms. The summed E-state index contributed by atoms with van der Waals surface area (Å²) in [5, 5.41) is 10.0. The maximum Gasteiger partial charge on any atom is 0.307 e. The quantitative estimate of drug-likeness (QED) is 0.498. The first-order valence-electron chi connectivity index (χ1n) is 9.81. The van der Waals surface area contributed by atoms with Crippen molar-refractivity contribution in [1.82, 2.24) is 4.98 Å². The number of ether oxygens (including phenoxy) is 1. The molecule has 1 aliphatic heterocycles. The summed E-state index contributed by atoms with van der Waals surface area (Å²) in [5.41, 5.74) is 1.83. The fourth-order valence-electron chi connectivity index (χ4n) is 3.70. The lowest BCUT2D eigenvalue weighted by Crippen LogP contribution is -2.34. The Kier molecular flexibility index (Phi) is 6.35. The van der Waals surface area contributed by atoms with Crippen LogP contribution < -0.4 is 9.64 Å². The van der Waals surface area contributed by atoms with E-state index in [0.717, 1.165) is 58.8 Å². The molecule has 1 N–H and O–H groups in total. The van der Waals surface area contributed by atoms with Gasteiger partial charge in [-0.25, -0.2) is 4.98 Å². The zero-order valence-corrected chi connectivity index (χ0v) is 18.4. The fourth-order valence-corrected chi connectivity index (χ4v) is 5.27. The summed E-state index contributed by atoms with van der Waals surface area (Å²) < 4.78 is 8.18. The SMILES string of the molecule is O=C(O)Cc1cccc(OCCC2CCN(c3nc4ccc(Br)cc4s3)CC2)c1. The van der Waals surface area contributed by atoms with Gasteiger partial charge in [0.1, 0.15) is 5.75 Å². The molecule has 1 fully saturated rings. The third kappa shape index (κ3) is 5.28. The van der Waals surface area contributed by atoms with Gasteiger partial charge in [0.2, 0.25) is 0 Å². The van der Waals surface area contributed by atoms with E-state index in [-0.39, 0.29) is 6.42 Å². The van der Waals surface area contributed by atoms with Crippen molar-refractivity contribution < 1.29 is 14.6 Å². The molecular weight excluding hydrogens is 452 g/mol. The number of rotatable bonds is 7. The molecule has 0 amide bonds. The van der Waals surface area contributed by atoms with Crippen LogP contribution in [0, 0.1) is 5.92 Å². The third-order valence-electron chi connectivity index (χ3n) is 5.27. The molecule has 0 radical (unpaired) electrons. The van der Waals surface area contributed by atoms with Gasteiger partial charge in [0, 0.05) is 17.6 Å². The number of aliphatic carboxylic acids is 1. The molecule has 0 atom stereocenters.